The largest absolute Gasteiger partial charge is 0.486 e. The predicted octanol–water partition coefficient (Wildman–Crippen LogP) is 1.17. The van der Waals surface area contributed by atoms with Crippen LogP contribution in [0.25, 0.3) is 0 Å². The smallest absolute Gasteiger partial charge is 0.241 e. The van der Waals surface area contributed by atoms with Gasteiger partial charge in [-0.1, -0.05) is 5.16 Å². The average Bonchev–Trinajstić information content (AvgIpc) is 2.91. The number of ether oxygens (including phenoxy) is 2. The first-order chi connectivity index (χ1) is 10.9. The molecule has 0 aliphatic carbocycles. The van der Waals surface area contributed by atoms with E-state index in [1.165, 1.54) is 24.3 Å². The van der Waals surface area contributed by atoms with Crippen LogP contribution in [-0.2, 0) is 14.6 Å². The molecule has 122 valence electrons. The summed E-state index contributed by atoms with van der Waals surface area (Å²) in [5.74, 6) is 0.106. The average molecular weight is 338 g/mol. The van der Waals surface area contributed by atoms with Crippen molar-refractivity contribution in [3.8, 4) is 11.5 Å². The second-order valence-electron chi connectivity index (χ2n) is 4.94. The van der Waals surface area contributed by atoms with E-state index in [1.807, 2.05) is 0 Å². The topological polar surface area (TPSA) is 108 Å². The number of benzene rings is 1. The normalized spacial score (nSPS) is 13.6. The Hall–Kier alpha value is -2.55. The molecule has 1 aromatic carbocycles. The Labute approximate surface area is 132 Å². The summed E-state index contributed by atoms with van der Waals surface area (Å²) >= 11 is 0. The van der Waals surface area contributed by atoms with E-state index in [1.54, 1.807) is 6.92 Å². The van der Waals surface area contributed by atoms with E-state index in [-0.39, 0.29) is 10.7 Å². The fourth-order valence-electron chi connectivity index (χ4n) is 2.08. The lowest BCUT2D eigenvalue weighted by atomic mass is 10.3. The van der Waals surface area contributed by atoms with Crippen LogP contribution in [0, 0.1) is 6.92 Å². The standard InChI is InChI=1S/C14H14N2O6S/c1-9-6-13(16-22-9)15-14(17)8-23(18,19)10-2-3-11-12(7-10)21-5-4-20-11/h2-3,6-7H,4-5,8H2,1H3,(H,15,16,17). The van der Waals surface area contributed by atoms with Crippen molar-refractivity contribution >= 4 is 21.6 Å². The molecule has 1 N–H and O–H groups in total. The number of nitrogens with zero attached hydrogens (tertiary/aromatic N) is 1. The molecule has 2 aromatic rings. The lowest BCUT2D eigenvalue weighted by Gasteiger charge is -2.18. The fraction of sp³-hybridized carbons (Fsp3) is 0.286. The number of nitrogens with one attached hydrogen (secondary N) is 1. The number of amides is 1. The quantitative estimate of drug-likeness (QED) is 0.891. The van der Waals surface area contributed by atoms with E-state index in [9.17, 15) is 13.2 Å². The van der Waals surface area contributed by atoms with Gasteiger partial charge in [0.25, 0.3) is 0 Å². The number of aromatic nitrogens is 1. The van der Waals surface area contributed by atoms with Gasteiger partial charge >= 0.3 is 0 Å². The number of anilines is 1. The molecule has 0 spiro atoms. The van der Waals surface area contributed by atoms with Gasteiger partial charge in [-0.15, -0.1) is 0 Å². The molecule has 0 radical (unpaired) electrons. The van der Waals surface area contributed by atoms with Gasteiger partial charge in [-0.3, -0.25) is 4.79 Å². The van der Waals surface area contributed by atoms with Gasteiger partial charge in [-0.05, 0) is 19.1 Å². The van der Waals surface area contributed by atoms with Crippen molar-refractivity contribution in [1.82, 2.24) is 5.16 Å². The second-order valence-corrected chi connectivity index (χ2v) is 6.93. The van der Waals surface area contributed by atoms with Crippen LogP contribution in [0.15, 0.2) is 33.7 Å². The third-order valence-electron chi connectivity index (χ3n) is 3.09. The number of sulfone groups is 1. The Kier molecular flexibility index (Phi) is 3.95. The lowest BCUT2D eigenvalue weighted by molar-refractivity contribution is -0.113. The first kappa shape index (κ1) is 15.3. The summed E-state index contributed by atoms with van der Waals surface area (Å²) in [4.78, 5) is 11.9. The molecule has 0 fully saturated rings. The number of hydrogen-bond donors (Lipinski definition) is 1. The molecule has 0 atom stereocenters. The maximum atomic E-state index is 12.3. The summed E-state index contributed by atoms with van der Waals surface area (Å²) in [5.41, 5.74) is 0. The number of carbonyl (C=O) groups is 1. The summed E-state index contributed by atoms with van der Waals surface area (Å²) in [6, 6.07) is 5.75. The zero-order valence-corrected chi connectivity index (χ0v) is 13.1. The van der Waals surface area contributed by atoms with Gasteiger partial charge in [0.15, 0.2) is 27.2 Å². The first-order valence-corrected chi connectivity index (χ1v) is 8.45. The van der Waals surface area contributed by atoms with Gasteiger partial charge in [-0.25, -0.2) is 8.42 Å². The maximum Gasteiger partial charge on any atom is 0.241 e. The van der Waals surface area contributed by atoms with Crippen molar-refractivity contribution in [2.24, 2.45) is 0 Å². The van der Waals surface area contributed by atoms with Gasteiger partial charge in [-0.2, -0.15) is 0 Å². The van der Waals surface area contributed by atoms with Crippen LogP contribution in [-0.4, -0.2) is 38.4 Å². The van der Waals surface area contributed by atoms with Gasteiger partial charge in [0.2, 0.25) is 5.91 Å². The van der Waals surface area contributed by atoms with Crippen molar-refractivity contribution in [2.45, 2.75) is 11.8 Å². The Balaban J connectivity index is 1.74. The number of hydrogen-bond acceptors (Lipinski definition) is 7. The van der Waals surface area contributed by atoms with E-state index in [0.29, 0.717) is 30.5 Å². The molecular formula is C14H14N2O6S. The minimum absolute atomic E-state index is 0.00627. The molecule has 1 aliphatic heterocycles. The first-order valence-electron chi connectivity index (χ1n) is 6.80. The Bertz CT molecular complexity index is 843. The highest BCUT2D eigenvalue weighted by atomic mass is 32.2. The summed E-state index contributed by atoms with van der Waals surface area (Å²) in [7, 11) is -3.81. The molecule has 1 amide bonds. The third kappa shape index (κ3) is 3.45. The molecule has 23 heavy (non-hydrogen) atoms. The SMILES string of the molecule is Cc1cc(NC(=O)CS(=O)(=O)c2ccc3c(c2)OCCO3)no1. The van der Waals surface area contributed by atoms with Gasteiger partial charge in [0, 0.05) is 12.1 Å². The molecule has 1 aromatic heterocycles. The molecule has 1 aliphatic rings. The molecule has 2 heterocycles. The van der Waals surface area contributed by atoms with Gasteiger partial charge < -0.3 is 19.3 Å². The summed E-state index contributed by atoms with van der Waals surface area (Å²) in [6.07, 6.45) is 0. The zero-order chi connectivity index (χ0) is 16.4. The van der Waals surface area contributed by atoms with E-state index in [0.717, 1.165) is 0 Å². The van der Waals surface area contributed by atoms with Crippen LogP contribution in [0.4, 0.5) is 5.82 Å². The molecule has 0 saturated carbocycles. The molecule has 0 bridgehead atoms. The Morgan fingerprint density at radius 2 is 1.96 bits per heavy atom. The highest BCUT2D eigenvalue weighted by molar-refractivity contribution is 7.92. The van der Waals surface area contributed by atoms with Crippen LogP contribution in [0.5, 0.6) is 11.5 Å². The minimum Gasteiger partial charge on any atom is -0.486 e. The molecule has 0 saturated heterocycles. The van der Waals surface area contributed by atoms with E-state index in [2.05, 4.69) is 10.5 Å². The maximum absolute atomic E-state index is 12.3. The summed E-state index contributed by atoms with van der Waals surface area (Å²) < 4.78 is 40.1. The number of fused-ring (bicyclic) bond motifs is 1. The molecule has 9 heteroatoms. The number of aryl methyl sites for hydroxylation is 1. The Morgan fingerprint density at radius 1 is 1.22 bits per heavy atom. The van der Waals surface area contributed by atoms with E-state index < -0.39 is 21.5 Å². The van der Waals surface area contributed by atoms with Crippen molar-refractivity contribution in [2.75, 3.05) is 24.3 Å². The van der Waals surface area contributed by atoms with Crippen LogP contribution in [0.3, 0.4) is 0 Å². The van der Waals surface area contributed by atoms with Crippen LogP contribution >= 0.6 is 0 Å². The van der Waals surface area contributed by atoms with E-state index >= 15 is 0 Å². The van der Waals surface area contributed by atoms with Gasteiger partial charge in [0.1, 0.15) is 24.7 Å². The third-order valence-corrected chi connectivity index (χ3v) is 4.70. The fourth-order valence-corrected chi connectivity index (χ4v) is 3.22. The summed E-state index contributed by atoms with van der Waals surface area (Å²) in [6.45, 7) is 2.43. The number of rotatable bonds is 4. The highest BCUT2D eigenvalue weighted by Gasteiger charge is 2.23. The molecule has 8 nitrogen and oxygen atoms in total. The van der Waals surface area contributed by atoms with Crippen molar-refractivity contribution in [1.29, 1.82) is 0 Å². The molecular weight excluding hydrogens is 324 g/mol. The number of carbonyl (C=O) groups excluding carboxylic acids is 1. The van der Waals surface area contributed by atoms with E-state index in [4.69, 9.17) is 14.0 Å². The van der Waals surface area contributed by atoms with Crippen molar-refractivity contribution < 1.29 is 27.2 Å². The zero-order valence-electron chi connectivity index (χ0n) is 12.2. The predicted molar refractivity (Wildman–Crippen MR) is 79.4 cm³/mol. The summed E-state index contributed by atoms with van der Waals surface area (Å²) in [5, 5.41) is 5.95. The van der Waals surface area contributed by atoms with Crippen LogP contribution < -0.4 is 14.8 Å². The van der Waals surface area contributed by atoms with Crippen molar-refractivity contribution in [3.05, 3.63) is 30.0 Å². The second kappa shape index (κ2) is 5.92. The lowest BCUT2D eigenvalue weighted by Crippen LogP contribution is -2.23. The Morgan fingerprint density at radius 3 is 2.65 bits per heavy atom. The van der Waals surface area contributed by atoms with Crippen LogP contribution in [0.2, 0.25) is 0 Å². The molecule has 3 rings (SSSR count). The molecule has 0 unspecified atom stereocenters. The monoisotopic (exact) mass is 338 g/mol. The van der Waals surface area contributed by atoms with Gasteiger partial charge in [0.05, 0.1) is 4.90 Å². The van der Waals surface area contributed by atoms with Crippen LogP contribution in [0.1, 0.15) is 5.76 Å². The highest BCUT2D eigenvalue weighted by Crippen LogP contribution is 2.32. The van der Waals surface area contributed by atoms with Crippen molar-refractivity contribution in [3.63, 3.8) is 0 Å². The minimum atomic E-state index is -3.81.